The van der Waals surface area contributed by atoms with E-state index in [0.29, 0.717) is 29.8 Å². The molecule has 0 bridgehead atoms. The molecule has 0 fully saturated rings. The monoisotopic (exact) mass is 445 g/mol. The van der Waals surface area contributed by atoms with E-state index in [-0.39, 0.29) is 41.6 Å². The van der Waals surface area contributed by atoms with Crippen molar-refractivity contribution < 1.29 is 14.3 Å². The highest BCUT2D eigenvalue weighted by atomic mass is 35.5. The lowest BCUT2D eigenvalue weighted by Gasteiger charge is -2.31. The van der Waals surface area contributed by atoms with Crippen LogP contribution in [-0.4, -0.2) is 34.3 Å². The van der Waals surface area contributed by atoms with Gasteiger partial charge in [0.1, 0.15) is 5.75 Å². The van der Waals surface area contributed by atoms with E-state index < -0.39 is 0 Å². The minimum Gasteiger partial charge on any atom is -0.489 e. The molecule has 2 N–H and O–H groups in total. The van der Waals surface area contributed by atoms with Gasteiger partial charge in [-0.1, -0.05) is 11.6 Å². The lowest BCUT2D eigenvalue weighted by Crippen LogP contribution is -2.39. The van der Waals surface area contributed by atoms with Crippen molar-refractivity contribution in [2.75, 3.05) is 6.54 Å². The fraction of sp³-hybridized carbons (Fsp3) is 0.435. The van der Waals surface area contributed by atoms with Crippen molar-refractivity contribution in [3.8, 4) is 5.75 Å². The van der Waals surface area contributed by atoms with E-state index in [0.717, 1.165) is 22.4 Å². The molecule has 2 amide bonds. The number of aryl methyl sites for hydroxylation is 2. The number of hydrogen-bond acceptors (Lipinski definition) is 4. The summed E-state index contributed by atoms with van der Waals surface area (Å²) in [7, 11) is 0. The van der Waals surface area contributed by atoms with Crippen molar-refractivity contribution in [2.24, 2.45) is 0 Å². The van der Waals surface area contributed by atoms with Crippen LogP contribution >= 0.6 is 11.6 Å². The predicted octanol–water partition coefficient (Wildman–Crippen LogP) is 3.27. The van der Waals surface area contributed by atoms with Crippen LogP contribution in [0.5, 0.6) is 5.75 Å². The molecule has 2 heterocycles. The molecule has 31 heavy (non-hydrogen) atoms. The topological polar surface area (TPSA) is 91.5 Å². The lowest BCUT2D eigenvalue weighted by atomic mass is 9.92. The number of fused-ring (bicyclic) bond motifs is 1. The molecule has 1 aromatic carbocycles. The number of aromatic nitrogens is 1. The Kier molecular flexibility index (Phi) is 6.74. The van der Waals surface area contributed by atoms with Crippen LogP contribution in [0.4, 0.5) is 0 Å². The largest absolute Gasteiger partial charge is 0.489 e. The second kappa shape index (κ2) is 9.14. The quantitative estimate of drug-likeness (QED) is 0.713. The van der Waals surface area contributed by atoms with Gasteiger partial charge in [-0.15, -0.1) is 0 Å². The van der Waals surface area contributed by atoms with Crippen molar-refractivity contribution in [1.29, 1.82) is 0 Å². The third-order valence-corrected chi connectivity index (χ3v) is 5.67. The maximum atomic E-state index is 13.4. The molecule has 0 spiro atoms. The van der Waals surface area contributed by atoms with Crippen LogP contribution in [0.2, 0.25) is 5.02 Å². The zero-order chi connectivity index (χ0) is 22.9. The summed E-state index contributed by atoms with van der Waals surface area (Å²) in [6.45, 7) is 9.84. The summed E-state index contributed by atoms with van der Waals surface area (Å²) in [5, 5.41) is 3.05. The molecule has 8 heteroatoms. The van der Waals surface area contributed by atoms with Crippen molar-refractivity contribution in [2.45, 2.75) is 60.2 Å². The SMILES string of the molecule is CC(=O)NCc1cc(OC(C)C)c(Cl)c2c1CCN(Cc1c(C)cc(C)[nH]c1=O)C2=O. The number of aromatic amines is 1. The minimum absolute atomic E-state index is 0.132. The van der Waals surface area contributed by atoms with Crippen molar-refractivity contribution in [1.82, 2.24) is 15.2 Å². The van der Waals surface area contributed by atoms with Crippen LogP contribution in [0.15, 0.2) is 16.9 Å². The average molecular weight is 446 g/mol. The third-order valence-electron chi connectivity index (χ3n) is 5.30. The number of hydrogen-bond donors (Lipinski definition) is 2. The molecule has 7 nitrogen and oxygen atoms in total. The maximum absolute atomic E-state index is 13.4. The molecule has 1 aliphatic rings. The Balaban J connectivity index is 2.02. The summed E-state index contributed by atoms with van der Waals surface area (Å²) in [6.07, 6.45) is 0.438. The van der Waals surface area contributed by atoms with Gasteiger partial charge in [0, 0.05) is 31.3 Å². The summed E-state index contributed by atoms with van der Waals surface area (Å²) in [6, 6.07) is 3.70. The molecular formula is C23H28ClN3O4. The Labute approximate surface area is 186 Å². The summed E-state index contributed by atoms with van der Waals surface area (Å²) in [5.41, 5.74) is 4.00. The molecule has 0 saturated heterocycles. The Hall–Kier alpha value is -2.80. The van der Waals surface area contributed by atoms with E-state index in [1.54, 1.807) is 11.0 Å². The Morgan fingerprint density at radius 3 is 2.61 bits per heavy atom. The second-order valence-electron chi connectivity index (χ2n) is 8.20. The predicted molar refractivity (Wildman–Crippen MR) is 120 cm³/mol. The van der Waals surface area contributed by atoms with Crippen molar-refractivity contribution in [3.05, 3.63) is 61.0 Å². The number of halogens is 1. The van der Waals surface area contributed by atoms with Gasteiger partial charge < -0.3 is 19.9 Å². The first-order chi connectivity index (χ1) is 14.6. The zero-order valence-corrected chi connectivity index (χ0v) is 19.3. The molecular weight excluding hydrogens is 418 g/mol. The van der Waals surface area contributed by atoms with E-state index in [2.05, 4.69) is 10.3 Å². The van der Waals surface area contributed by atoms with Crippen LogP contribution in [0.3, 0.4) is 0 Å². The zero-order valence-electron chi connectivity index (χ0n) is 18.5. The van der Waals surface area contributed by atoms with E-state index >= 15 is 0 Å². The Morgan fingerprint density at radius 1 is 1.29 bits per heavy atom. The van der Waals surface area contributed by atoms with Crippen LogP contribution in [0, 0.1) is 13.8 Å². The lowest BCUT2D eigenvalue weighted by molar-refractivity contribution is -0.119. The van der Waals surface area contributed by atoms with Crippen molar-refractivity contribution >= 4 is 23.4 Å². The molecule has 3 rings (SSSR count). The highest BCUT2D eigenvalue weighted by molar-refractivity contribution is 6.35. The fourth-order valence-corrected chi connectivity index (χ4v) is 4.17. The highest BCUT2D eigenvalue weighted by Gasteiger charge is 2.31. The maximum Gasteiger partial charge on any atom is 0.256 e. The van der Waals surface area contributed by atoms with Gasteiger partial charge in [0.05, 0.1) is 23.2 Å². The van der Waals surface area contributed by atoms with E-state index in [1.165, 1.54) is 6.92 Å². The van der Waals surface area contributed by atoms with Gasteiger partial charge in [0.2, 0.25) is 5.91 Å². The van der Waals surface area contributed by atoms with Crippen LogP contribution < -0.4 is 15.6 Å². The minimum atomic E-state index is -0.246. The normalized spacial score (nSPS) is 13.4. The molecule has 0 aliphatic carbocycles. The molecule has 1 aromatic heterocycles. The number of H-pyrrole nitrogens is 1. The van der Waals surface area contributed by atoms with E-state index in [1.807, 2.05) is 33.8 Å². The van der Waals surface area contributed by atoms with Gasteiger partial charge in [-0.3, -0.25) is 14.4 Å². The molecule has 166 valence electrons. The van der Waals surface area contributed by atoms with E-state index in [9.17, 15) is 14.4 Å². The summed E-state index contributed by atoms with van der Waals surface area (Å²) in [4.78, 5) is 41.8. The van der Waals surface area contributed by atoms with Gasteiger partial charge >= 0.3 is 0 Å². The molecule has 0 atom stereocenters. The number of pyridine rings is 1. The van der Waals surface area contributed by atoms with Gasteiger partial charge in [-0.2, -0.15) is 0 Å². The first-order valence-electron chi connectivity index (χ1n) is 10.3. The number of carbonyl (C=O) groups excluding carboxylic acids is 2. The van der Waals surface area contributed by atoms with Crippen LogP contribution in [0.25, 0.3) is 0 Å². The smallest absolute Gasteiger partial charge is 0.256 e. The standard InChI is InChI=1S/C23H28ClN3O4/c1-12(2)31-19-9-16(10-25-15(5)28)17-6-7-27(23(30)20(17)21(19)24)11-18-13(3)8-14(4)26-22(18)29/h8-9,12H,6-7,10-11H2,1-5H3,(H,25,28)(H,26,29). The third kappa shape index (κ3) is 4.93. The number of nitrogens with one attached hydrogen (secondary N) is 2. The number of rotatable bonds is 6. The number of carbonyl (C=O) groups is 2. The summed E-state index contributed by atoms with van der Waals surface area (Å²) >= 11 is 6.62. The summed E-state index contributed by atoms with van der Waals surface area (Å²) < 4.78 is 5.84. The Morgan fingerprint density at radius 2 is 2.00 bits per heavy atom. The van der Waals surface area contributed by atoms with Crippen molar-refractivity contribution in [3.63, 3.8) is 0 Å². The number of ether oxygens (including phenoxy) is 1. The molecule has 1 aliphatic heterocycles. The first-order valence-corrected chi connectivity index (χ1v) is 10.7. The molecule has 0 unspecified atom stereocenters. The second-order valence-corrected chi connectivity index (χ2v) is 8.58. The van der Waals surface area contributed by atoms with E-state index in [4.69, 9.17) is 16.3 Å². The van der Waals surface area contributed by atoms with Crippen LogP contribution in [-0.2, 0) is 24.3 Å². The van der Waals surface area contributed by atoms with Gasteiger partial charge in [-0.25, -0.2) is 0 Å². The Bertz CT molecular complexity index is 1090. The fourth-order valence-electron chi connectivity index (χ4n) is 3.88. The number of benzene rings is 1. The average Bonchev–Trinajstić information content (AvgIpc) is 2.66. The first kappa shape index (κ1) is 22.9. The molecule has 0 saturated carbocycles. The molecule has 0 radical (unpaired) electrons. The van der Waals surface area contributed by atoms with Gasteiger partial charge in [-0.05, 0) is 62.9 Å². The van der Waals surface area contributed by atoms with Gasteiger partial charge in [0.25, 0.3) is 11.5 Å². The number of amides is 2. The highest BCUT2D eigenvalue weighted by Crippen LogP contribution is 2.37. The summed E-state index contributed by atoms with van der Waals surface area (Å²) in [5.74, 6) is 0.00657. The van der Waals surface area contributed by atoms with Gasteiger partial charge in [0.15, 0.2) is 0 Å². The van der Waals surface area contributed by atoms with Crippen LogP contribution in [0.1, 0.15) is 59.1 Å². The molecule has 2 aromatic rings. The number of nitrogens with zero attached hydrogens (tertiary/aromatic N) is 1.